The van der Waals surface area contributed by atoms with E-state index in [2.05, 4.69) is 0 Å². The molecule has 12 heavy (non-hydrogen) atoms. The first-order valence-corrected chi connectivity index (χ1v) is 4.12. The average Bonchev–Trinajstić information content (AvgIpc) is 2.03. The summed E-state index contributed by atoms with van der Waals surface area (Å²) >= 11 is 0. The minimum Gasteiger partial charge on any atom is -0.330 e. The van der Waals surface area contributed by atoms with Crippen molar-refractivity contribution in [2.24, 2.45) is 5.73 Å². The number of benzene rings is 1. The fourth-order valence-corrected chi connectivity index (χ4v) is 1.39. The number of hydrogen-bond acceptors (Lipinski definition) is 1. The number of halogens is 1. The maximum absolute atomic E-state index is 13.2. The van der Waals surface area contributed by atoms with Crippen molar-refractivity contribution in [3.63, 3.8) is 0 Å². The van der Waals surface area contributed by atoms with Gasteiger partial charge in [-0.3, -0.25) is 0 Å². The average molecular weight is 167 g/mol. The Hall–Kier alpha value is -0.890. The zero-order chi connectivity index (χ0) is 9.14. The Kier molecular flexibility index (Phi) is 2.82. The molecule has 0 radical (unpaired) electrons. The SMILES string of the molecule is Cc1cccc(F)c1C(C)CN. The minimum atomic E-state index is -0.145. The van der Waals surface area contributed by atoms with E-state index < -0.39 is 0 Å². The molecule has 2 heteroatoms. The van der Waals surface area contributed by atoms with E-state index in [1.54, 1.807) is 6.07 Å². The van der Waals surface area contributed by atoms with E-state index in [4.69, 9.17) is 5.73 Å². The second kappa shape index (κ2) is 3.68. The van der Waals surface area contributed by atoms with Crippen LogP contribution in [0.4, 0.5) is 4.39 Å². The van der Waals surface area contributed by atoms with Crippen LogP contribution in [0.15, 0.2) is 18.2 Å². The van der Waals surface area contributed by atoms with Gasteiger partial charge in [0.2, 0.25) is 0 Å². The van der Waals surface area contributed by atoms with Gasteiger partial charge in [0, 0.05) is 0 Å². The molecule has 0 amide bonds. The van der Waals surface area contributed by atoms with Crippen LogP contribution in [0.5, 0.6) is 0 Å². The summed E-state index contributed by atoms with van der Waals surface area (Å²) in [6, 6.07) is 5.11. The van der Waals surface area contributed by atoms with Gasteiger partial charge in [-0.05, 0) is 36.6 Å². The third kappa shape index (κ3) is 1.64. The molecular formula is C10H14FN. The second-order valence-corrected chi connectivity index (χ2v) is 3.11. The van der Waals surface area contributed by atoms with E-state index in [0.717, 1.165) is 11.1 Å². The number of aryl methyl sites for hydroxylation is 1. The van der Waals surface area contributed by atoms with Gasteiger partial charge >= 0.3 is 0 Å². The molecule has 0 aliphatic carbocycles. The van der Waals surface area contributed by atoms with E-state index in [0.29, 0.717) is 6.54 Å². The van der Waals surface area contributed by atoms with Crippen LogP contribution >= 0.6 is 0 Å². The van der Waals surface area contributed by atoms with E-state index in [1.165, 1.54) is 6.07 Å². The highest BCUT2D eigenvalue weighted by molar-refractivity contribution is 5.30. The van der Waals surface area contributed by atoms with Crippen molar-refractivity contribution in [3.8, 4) is 0 Å². The summed E-state index contributed by atoms with van der Waals surface area (Å²) in [5.41, 5.74) is 7.20. The van der Waals surface area contributed by atoms with Crippen molar-refractivity contribution in [2.45, 2.75) is 19.8 Å². The lowest BCUT2D eigenvalue weighted by Gasteiger charge is -2.12. The molecule has 0 aliphatic heterocycles. The number of rotatable bonds is 2. The third-order valence-corrected chi connectivity index (χ3v) is 2.12. The first kappa shape index (κ1) is 9.20. The Labute approximate surface area is 72.4 Å². The fourth-order valence-electron chi connectivity index (χ4n) is 1.39. The van der Waals surface area contributed by atoms with Crippen LogP contribution in [-0.4, -0.2) is 6.54 Å². The highest BCUT2D eigenvalue weighted by Gasteiger charge is 2.10. The van der Waals surface area contributed by atoms with Gasteiger partial charge in [0.25, 0.3) is 0 Å². The van der Waals surface area contributed by atoms with Gasteiger partial charge in [0.05, 0.1) is 0 Å². The molecule has 0 saturated heterocycles. The highest BCUT2D eigenvalue weighted by atomic mass is 19.1. The van der Waals surface area contributed by atoms with Crippen LogP contribution < -0.4 is 5.73 Å². The smallest absolute Gasteiger partial charge is 0.126 e. The molecule has 0 bridgehead atoms. The number of nitrogens with two attached hydrogens (primary N) is 1. The van der Waals surface area contributed by atoms with Crippen LogP contribution in [0.1, 0.15) is 24.0 Å². The maximum Gasteiger partial charge on any atom is 0.126 e. The topological polar surface area (TPSA) is 26.0 Å². The summed E-state index contributed by atoms with van der Waals surface area (Å²) in [6.45, 7) is 4.33. The standard InChI is InChI=1S/C10H14FN/c1-7-4-3-5-9(11)10(7)8(2)6-12/h3-5,8H,6,12H2,1-2H3. The summed E-state index contributed by atoms with van der Waals surface area (Å²) in [6.07, 6.45) is 0. The zero-order valence-electron chi connectivity index (χ0n) is 7.47. The highest BCUT2D eigenvalue weighted by Crippen LogP contribution is 2.21. The van der Waals surface area contributed by atoms with E-state index in [1.807, 2.05) is 19.9 Å². The summed E-state index contributed by atoms with van der Waals surface area (Å²) in [5.74, 6) is -0.0425. The second-order valence-electron chi connectivity index (χ2n) is 3.11. The van der Waals surface area contributed by atoms with E-state index in [-0.39, 0.29) is 11.7 Å². The lowest BCUT2D eigenvalue weighted by atomic mass is 9.96. The Morgan fingerprint density at radius 2 is 2.17 bits per heavy atom. The van der Waals surface area contributed by atoms with Gasteiger partial charge in [-0.15, -0.1) is 0 Å². The van der Waals surface area contributed by atoms with Gasteiger partial charge in [-0.25, -0.2) is 4.39 Å². The summed E-state index contributed by atoms with van der Waals surface area (Å²) in [4.78, 5) is 0. The van der Waals surface area contributed by atoms with Crippen molar-refractivity contribution in [3.05, 3.63) is 35.1 Å². The van der Waals surface area contributed by atoms with Crippen molar-refractivity contribution in [2.75, 3.05) is 6.54 Å². The summed E-state index contributed by atoms with van der Waals surface area (Å²) < 4.78 is 13.2. The normalized spacial score (nSPS) is 13.0. The molecule has 0 fully saturated rings. The van der Waals surface area contributed by atoms with E-state index >= 15 is 0 Å². The Balaban J connectivity index is 3.12. The Bertz CT molecular complexity index is 250. The predicted octanol–water partition coefficient (Wildman–Crippen LogP) is 2.20. The molecule has 1 unspecified atom stereocenters. The Morgan fingerprint density at radius 1 is 1.50 bits per heavy atom. The van der Waals surface area contributed by atoms with Crippen LogP contribution in [0.2, 0.25) is 0 Å². The van der Waals surface area contributed by atoms with Crippen molar-refractivity contribution < 1.29 is 4.39 Å². The largest absolute Gasteiger partial charge is 0.330 e. The minimum absolute atomic E-state index is 0.103. The van der Waals surface area contributed by atoms with E-state index in [9.17, 15) is 4.39 Å². The first-order valence-electron chi connectivity index (χ1n) is 4.12. The maximum atomic E-state index is 13.2. The zero-order valence-corrected chi connectivity index (χ0v) is 7.47. The molecule has 0 heterocycles. The molecule has 1 rings (SSSR count). The summed E-state index contributed by atoms with van der Waals surface area (Å²) in [5, 5.41) is 0. The van der Waals surface area contributed by atoms with Gasteiger partial charge in [-0.1, -0.05) is 19.1 Å². The molecule has 1 atom stereocenters. The van der Waals surface area contributed by atoms with Gasteiger partial charge in [0.1, 0.15) is 5.82 Å². The summed E-state index contributed by atoms with van der Waals surface area (Å²) in [7, 11) is 0. The van der Waals surface area contributed by atoms with Crippen molar-refractivity contribution in [1.29, 1.82) is 0 Å². The molecule has 1 aromatic rings. The van der Waals surface area contributed by atoms with Crippen LogP contribution in [-0.2, 0) is 0 Å². The quantitative estimate of drug-likeness (QED) is 0.718. The van der Waals surface area contributed by atoms with Crippen molar-refractivity contribution >= 4 is 0 Å². The molecular weight excluding hydrogens is 153 g/mol. The lowest BCUT2D eigenvalue weighted by Crippen LogP contribution is -2.11. The molecule has 0 spiro atoms. The first-order chi connectivity index (χ1) is 5.66. The van der Waals surface area contributed by atoms with Crippen LogP contribution in [0.3, 0.4) is 0 Å². The van der Waals surface area contributed by atoms with Crippen LogP contribution in [0.25, 0.3) is 0 Å². The molecule has 0 aliphatic rings. The van der Waals surface area contributed by atoms with Gasteiger partial charge in [-0.2, -0.15) is 0 Å². The fraction of sp³-hybridized carbons (Fsp3) is 0.400. The third-order valence-electron chi connectivity index (χ3n) is 2.12. The molecule has 66 valence electrons. The van der Waals surface area contributed by atoms with Crippen LogP contribution in [0, 0.1) is 12.7 Å². The predicted molar refractivity (Wildman–Crippen MR) is 48.6 cm³/mol. The molecule has 1 aromatic carbocycles. The molecule has 0 aromatic heterocycles. The van der Waals surface area contributed by atoms with Gasteiger partial charge < -0.3 is 5.73 Å². The monoisotopic (exact) mass is 167 g/mol. The molecule has 1 nitrogen and oxygen atoms in total. The Morgan fingerprint density at radius 3 is 2.67 bits per heavy atom. The lowest BCUT2D eigenvalue weighted by molar-refractivity contribution is 0.588. The molecule has 2 N–H and O–H groups in total. The van der Waals surface area contributed by atoms with Crippen molar-refractivity contribution in [1.82, 2.24) is 0 Å². The molecule has 0 saturated carbocycles. The number of hydrogen-bond donors (Lipinski definition) is 1. The van der Waals surface area contributed by atoms with Gasteiger partial charge in [0.15, 0.2) is 0 Å².